The van der Waals surface area contributed by atoms with Crippen molar-refractivity contribution in [1.82, 2.24) is 9.97 Å². The average molecular weight is 253 g/mol. The van der Waals surface area contributed by atoms with E-state index in [1.54, 1.807) is 13.3 Å². The number of nitrogens with two attached hydrogens (primary N) is 1. The van der Waals surface area contributed by atoms with Crippen molar-refractivity contribution in [1.29, 1.82) is 0 Å². The van der Waals surface area contributed by atoms with Crippen LogP contribution in [0, 0.1) is 6.92 Å². The second kappa shape index (κ2) is 7.13. The summed E-state index contributed by atoms with van der Waals surface area (Å²) in [5.74, 6) is 6.70. The van der Waals surface area contributed by atoms with Gasteiger partial charge in [0.15, 0.2) is 0 Å². The second-order valence-electron chi connectivity index (χ2n) is 4.29. The fraction of sp³-hybridized carbons (Fsp3) is 0.667. The number of hydrogen-bond donors (Lipinski definition) is 2. The Morgan fingerprint density at radius 2 is 2.28 bits per heavy atom. The van der Waals surface area contributed by atoms with Crippen LogP contribution in [0.2, 0.25) is 0 Å². The third-order valence-electron chi connectivity index (χ3n) is 3.01. The van der Waals surface area contributed by atoms with Crippen LogP contribution >= 0.6 is 0 Å². The number of anilines is 2. The van der Waals surface area contributed by atoms with Gasteiger partial charge in [-0.15, -0.1) is 0 Å². The highest BCUT2D eigenvalue weighted by Crippen LogP contribution is 2.21. The van der Waals surface area contributed by atoms with E-state index < -0.39 is 0 Å². The number of hydrazine groups is 1. The molecule has 1 atom stereocenters. The Labute approximate surface area is 109 Å². The first kappa shape index (κ1) is 14.7. The van der Waals surface area contributed by atoms with Gasteiger partial charge in [0.1, 0.15) is 5.82 Å². The SMILES string of the molecule is CCC(C)N(CCOC)c1nc(NN)ncc1C. The molecule has 1 rings (SSSR count). The molecule has 3 N–H and O–H groups in total. The number of aryl methyl sites for hydroxylation is 1. The van der Waals surface area contributed by atoms with E-state index in [1.165, 1.54) is 0 Å². The third kappa shape index (κ3) is 3.54. The quantitative estimate of drug-likeness (QED) is 0.564. The van der Waals surface area contributed by atoms with Gasteiger partial charge in [0, 0.05) is 31.5 Å². The smallest absolute Gasteiger partial charge is 0.239 e. The van der Waals surface area contributed by atoms with Gasteiger partial charge in [0.25, 0.3) is 0 Å². The predicted octanol–water partition coefficient (Wildman–Crippen LogP) is 1.32. The van der Waals surface area contributed by atoms with Crippen LogP contribution in [0.4, 0.5) is 11.8 Å². The van der Waals surface area contributed by atoms with E-state index in [1.807, 2.05) is 6.92 Å². The summed E-state index contributed by atoms with van der Waals surface area (Å²) in [5, 5.41) is 0. The summed E-state index contributed by atoms with van der Waals surface area (Å²) in [7, 11) is 1.70. The summed E-state index contributed by atoms with van der Waals surface area (Å²) in [6, 6.07) is 0.388. The lowest BCUT2D eigenvalue weighted by Crippen LogP contribution is -2.37. The number of nitrogens with zero attached hydrogens (tertiary/aromatic N) is 3. The molecule has 0 amide bonds. The molecule has 0 saturated carbocycles. The standard InChI is InChI=1S/C12H23N5O/c1-5-10(3)17(6-7-18-4)11-9(2)8-14-12(15-11)16-13/h8,10H,5-7,13H2,1-4H3,(H,14,15,16). The number of methoxy groups -OCH3 is 1. The van der Waals surface area contributed by atoms with Crippen molar-refractivity contribution in [2.45, 2.75) is 33.2 Å². The van der Waals surface area contributed by atoms with E-state index in [-0.39, 0.29) is 0 Å². The first-order valence-corrected chi connectivity index (χ1v) is 6.19. The molecule has 0 aromatic carbocycles. The van der Waals surface area contributed by atoms with Gasteiger partial charge >= 0.3 is 0 Å². The molecule has 0 fully saturated rings. The number of hydrogen-bond acceptors (Lipinski definition) is 6. The van der Waals surface area contributed by atoms with Gasteiger partial charge in [-0.2, -0.15) is 4.98 Å². The van der Waals surface area contributed by atoms with Crippen LogP contribution in [0.25, 0.3) is 0 Å². The number of rotatable bonds is 7. The van der Waals surface area contributed by atoms with Crippen LogP contribution in [0.1, 0.15) is 25.8 Å². The minimum absolute atomic E-state index is 0.388. The monoisotopic (exact) mass is 253 g/mol. The summed E-state index contributed by atoms with van der Waals surface area (Å²) in [4.78, 5) is 10.8. The summed E-state index contributed by atoms with van der Waals surface area (Å²) >= 11 is 0. The Hall–Kier alpha value is -1.40. The average Bonchev–Trinajstić information content (AvgIpc) is 2.40. The first-order valence-electron chi connectivity index (χ1n) is 6.19. The van der Waals surface area contributed by atoms with Crippen molar-refractivity contribution < 1.29 is 4.74 Å². The largest absolute Gasteiger partial charge is 0.383 e. The molecule has 102 valence electrons. The zero-order valence-corrected chi connectivity index (χ0v) is 11.6. The van der Waals surface area contributed by atoms with Crippen molar-refractivity contribution in [3.05, 3.63) is 11.8 Å². The molecule has 0 spiro atoms. The molecule has 6 heteroatoms. The molecule has 1 unspecified atom stereocenters. The van der Waals surface area contributed by atoms with Crippen molar-refractivity contribution in [3.8, 4) is 0 Å². The Kier molecular flexibility index (Phi) is 5.80. The van der Waals surface area contributed by atoms with E-state index >= 15 is 0 Å². The van der Waals surface area contributed by atoms with Gasteiger partial charge in [-0.1, -0.05) is 6.92 Å². The Balaban J connectivity index is 3.02. The van der Waals surface area contributed by atoms with Crippen molar-refractivity contribution in [3.63, 3.8) is 0 Å². The van der Waals surface area contributed by atoms with Crippen LogP contribution in [0.3, 0.4) is 0 Å². The summed E-state index contributed by atoms with van der Waals surface area (Å²) in [6.07, 6.45) is 2.82. The molecule has 0 aliphatic rings. The Morgan fingerprint density at radius 1 is 1.56 bits per heavy atom. The number of nitrogens with one attached hydrogen (secondary N) is 1. The summed E-state index contributed by atoms with van der Waals surface area (Å²) < 4.78 is 5.16. The molecular formula is C12H23N5O. The van der Waals surface area contributed by atoms with Crippen molar-refractivity contribution in [2.24, 2.45) is 5.84 Å². The van der Waals surface area contributed by atoms with Gasteiger partial charge in [-0.25, -0.2) is 10.8 Å². The highest BCUT2D eigenvalue weighted by molar-refractivity contribution is 5.49. The zero-order valence-electron chi connectivity index (χ0n) is 11.6. The number of nitrogen functional groups attached to an aromatic ring is 1. The lowest BCUT2D eigenvalue weighted by Gasteiger charge is -2.30. The maximum absolute atomic E-state index is 5.36. The maximum Gasteiger partial charge on any atom is 0.239 e. The number of ether oxygens (including phenoxy) is 1. The van der Waals surface area contributed by atoms with Gasteiger partial charge in [0.05, 0.1) is 6.61 Å². The molecule has 6 nitrogen and oxygen atoms in total. The van der Waals surface area contributed by atoms with Gasteiger partial charge in [-0.3, -0.25) is 5.43 Å². The third-order valence-corrected chi connectivity index (χ3v) is 3.01. The molecule has 1 aromatic rings. The molecule has 0 bridgehead atoms. The molecule has 0 radical (unpaired) electrons. The fourth-order valence-electron chi connectivity index (χ4n) is 1.74. The second-order valence-corrected chi connectivity index (χ2v) is 4.29. The van der Waals surface area contributed by atoms with E-state index in [0.29, 0.717) is 18.6 Å². The molecule has 0 aliphatic heterocycles. The van der Waals surface area contributed by atoms with E-state index in [4.69, 9.17) is 10.6 Å². The van der Waals surface area contributed by atoms with Crippen LogP contribution in [0.5, 0.6) is 0 Å². The minimum Gasteiger partial charge on any atom is -0.383 e. The minimum atomic E-state index is 0.388. The lowest BCUT2D eigenvalue weighted by atomic mass is 10.2. The molecule has 0 aliphatic carbocycles. The topological polar surface area (TPSA) is 76.3 Å². The Bertz CT molecular complexity index is 371. The van der Waals surface area contributed by atoms with E-state index in [2.05, 4.69) is 34.1 Å². The Morgan fingerprint density at radius 3 is 2.83 bits per heavy atom. The highest BCUT2D eigenvalue weighted by Gasteiger charge is 2.17. The molecule has 1 aromatic heterocycles. The number of aromatic nitrogens is 2. The zero-order chi connectivity index (χ0) is 13.5. The normalized spacial score (nSPS) is 12.3. The summed E-state index contributed by atoms with van der Waals surface area (Å²) in [5.41, 5.74) is 3.52. The maximum atomic E-state index is 5.36. The molecular weight excluding hydrogens is 230 g/mol. The molecule has 0 saturated heterocycles. The van der Waals surface area contributed by atoms with Crippen LogP contribution < -0.4 is 16.2 Å². The highest BCUT2D eigenvalue weighted by atomic mass is 16.5. The van der Waals surface area contributed by atoms with E-state index in [9.17, 15) is 0 Å². The van der Waals surface area contributed by atoms with Gasteiger partial charge < -0.3 is 9.64 Å². The van der Waals surface area contributed by atoms with Crippen LogP contribution in [0.15, 0.2) is 6.20 Å². The lowest BCUT2D eigenvalue weighted by molar-refractivity contribution is 0.203. The van der Waals surface area contributed by atoms with Gasteiger partial charge in [-0.05, 0) is 20.3 Å². The van der Waals surface area contributed by atoms with Crippen molar-refractivity contribution >= 4 is 11.8 Å². The van der Waals surface area contributed by atoms with Crippen LogP contribution in [-0.4, -0.2) is 36.3 Å². The van der Waals surface area contributed by atoms with Crippen molar-refractivity contribution in [2.75, 3.05) is 30.6 Å². The predicted molar refractivity (Wildman–Crippen MR) is 73.6 cm³/mol. The van der Waals surface area contributed by atoms with Crippen LogP contribution in [-0.2, 0) is 4.74 Å². The van der Waals surface area contributed by atoms with Gasteiger partial charge in [0.2, 0.25) is 5.95 Å². The fourth-order valence-corrected chi connectivity index (χ4v) is 1.74. The molecule has 18 heavy (non-hydrogen) atoms. The molecule has 1 heterocycles. The first-order chi connectivity index (χ1) is 8.63. The summed E-state index contributed by atoms with van der Waals surface area (Å²) in [6.45, 7) is 7.79. The van der Waals surface area contributed by atoms with E-state index in [0.717, 1.165) is 24.3 Å².